The largest absolute Gasteiger partial charge is 0.394 e. The van der Waals surface area contributed by atoms with Crippen LogP contribution in [0.2, 0.25) is 0 Å². The molecule has 0 radical (unpaired) electrons. The molecular weight excluding hydrogens is 578 g/mol. The molecule has 0 saturated carbocycles. The number of hydrogen-bond acceptors (Lipinski definition) is 19. The highest BCUT2D eigenvalue weighted by atomic mass is 16.7. The molecule has 0 aromatic heterocycles. The summed E-state index contributed by atoms with van der Waals surface area (Å²) in [6.07, 6.45) is -24.1. The fraction of sp³-hybridized carbons (Fsp3) is 1.00. The third-order valence-electron chi connectivity index (χ3n) is 7.65. The van der Waals surface area contributed by atoms with E-state index in [1.807, 2.05) is 0 Å². The molecule has 19 nitrogen and oxygen atoms in total. The fourth-order valence-corrected chi connectivity index (χ4v) is 4.68. The normalized spacial score (nSPS) is 46.4. The van der Waals surface area contributed by atoms with Crippen LogP contribution in [-0.4, -0.2) is 206 Å². The van der Waals surface area contributed by atoms with Crippen molar-refractivity contribution in [2.45, 2.75) is 97.7 Å². The molecule has 0 spiro atoms. The third kappa shape index (κ3) is 7.72. The standard InChI is InChI=1S/C23H43NO18/c1-24-23(5-37-20-17(34)14(31)11(28)8(2-25)40-20,6-38-21-18(35)15(32)12(29)9(3-26)41-21)7-39-22-19(36)16(33)13(30)10(4-27)42-22/h8-22,24-36H,2-7H2,1H3/t8?,9?,10?,11-,12-,13-,14+,15+,16+,17+,18+,19+,20?,21?,22?,23?/m1/s1. The second kappa shape index (κ2) is 15.5. The predicted molar refractivity (Wildman–Crippen MR) is 131 cm³/mol. The van der Waals surface area contributed by atoms with Gasteiger partial charge in [0, 0.05) is 0 Å². The van der Waals surface area contributed by atoms with Gasteiger partial charge in [-0.1, -0.05) is 0 Å². The molecular formula is C23H43NO18. The summed E-state index contributed by atoms with van der Waals surface area (Å²) in [5.41, 5.74) is -1.55. The first-order chi connectivity index (χ1) is 19.8. The zero-order valence-corrected chi connectivity index (χ0v) is 22.7. The van der Waals surface area contributed by atoms with Crippen LogP contribution in [0.5, 0.6) is 0 Å². The van der Waals surface area contributed by atoms with Crippen LogP contribution in [0, 0.1) is 0 Å². The van der Waals surface area contributed by atoms with E-state index in [4.69, 9.17) is 28.4 Å². The lowest BCUT2D eigenvalue weighted by molar-refractivity contribution is -0.324. The number of aliphatic hydroxyl groups excluding tert-OH is 12. The number of ether oxygens (including phenoxy) is 6. The van der Waals surface area contributed by atoms with Crippen LogP contribution in [0.4, 0.5) is 0 Å². The summed E-state index contributed by atoms with van der Waals surface area (Å²) < 4.78 is 33.0. The van der Waals surface area contributed by atoms with Crippen molar-refractivity contribution in [2.75, 3.05) is 46.7 Å². The maximum Gasteiger partial charge on any atom is 0.186 e. The van der Waals surface area contributed by atoms with E-state index in [0.717, 1.165) is 0 Å². The first-order valence-electron chi connectivity index (χ1n) is 13.3. The van der Waals surface area contributed by atoms with Crippen LogP contribution in [0.25, 0.3) is 0 Å². The number of rotatable bonds is 13. The molecule has 3 rings (SSSR count). The fourth-order valence-electron chi connectivity index (χ4n) is 4.68. The lowest BCUT2D eigenvalue weighted by atomic mass is 9.98. The Labute approximate surface area is 240 Å². The number of hydrogen-bond donors (Lipinski definition) is 13. The summed E-state index contributed by atoms with van der Waals surface area (Å²) >= 11 is 0. The van der Waals surface area contributed by atoms with Gasteiger partial charge in [0.1, 0.15) is 73.2 Å². The Morgan fingerprint density at radius 1 is 0.476 bits per heavy atom. The number of likely N-dealkylation sites (N-methyl/N-ethyl adjacent to an activating group) is 1. The van der Waals surface area contributed by atoms with E-state index in [1.54, 1.807) is 0 Å². The summed E-state index contributed by atoms with van der Waals surface area (Å²) in [5.74, 6) is 0. The molecule has 15 atom stereocenters. The van der Waals surface area contributed by atoms with Gasteiger partial charge in [0.15, 0.2) is 18.9 Å². The van der Waals surface area contributed by atoms with E-state index in [1.165, 1.54) is 7.05 Å². The maximum absolute atomic E-state index is 10.4. The van der Waals surface area contributed by atoms with Crippen LogP contribution in [-0.2, 0) is 28.4 Å². The quantitative estimate of drug-likeness (QED) is 0.0907. The molecule has 13 N–H and O–H groups in total. The van der Waals surface area contributed by atoms with Crippen LogP contribution in [0.1, 0.15) is 0 Å². The molecule has 0 aromatic rings. The molecule has 0 amide bonds. The molecule has 42 heavy (non-hydrogen) atoms. The molecule has 3 aliphatic heterocycles. The molecule has 19 heteroatoms. The van der Waals surface area contributed by atoms with Gasteiger partial charge in [-0.05, 0) is 7.05 Å². The van der Waals surface area contributed by atoms with Gasteiger partial charge >= 0.3 is 0 Å². The summed E-state index contributed by atoms with van der Waals surface area (Å²) in [6, 6.07) is 0. The van der Waals surface area contributed by atoms with E-state index in [-0.39, 0.29) is 0 Å². The van der Waals surface area contributed by atoms with Crippen LogP contribution in [0.3, 0.4) is 0 Å². The summed E-state index contributed by atoms with van der Waals surface area (Å²) in [4.78, 5) is 0. The molecule has 248 valence electrons. The molecule has 3 fully saturated rings. The van der Waals surface area contributed by atoms with Crippen molar-refractivity contribution in [1.82, 2.24) is 5.32 Å². The highest BCUT2D eigenvalue weighted by Crippen LogP contribution is 2.27. The molecule has 6 unspecified atom stereocenters. The zero-order chi connectivity index (χ0) is 31.4. The zero-order valence-electron chi connectivity index (χ0n) is 22.7. The second-order valence-corrected chi connectivity index (χ2v) is 10.6. The van der Waals surface area contributed by atoms with Crippen LogP contribution < -0.4 is 5.32 Å². The van der Waals surface area contributed by atoms with E-state index < -0.39 is 137 Å². The van der Waals surface area contributed by atoms with Gasteiger partial charge in [-0.2, -0.15) is 0 Å². The highest BCUT2D eigenvalue weighted by molar-refractivity contribution is 4.95. The van der Waals surface area contributed by atoms with E-state index >= 15 is 0 Å². The molecule has 0 aromatic carbocycles. The van der Waals surface area contributed by atoms with E-state index in [0.29, 0.717) is 0 Å². The SMILES string of the molecule is CNC(COC1OC(CO)[C@@H](O)[C@H](O)[C@@H]1O)(COC1OC(CO)[C@@H](O)[C@H](O)[C@@H]1O)COC1OC(CO)[C@@H](O)[C@H](O)[C@@H]1O. The Bertz CT molecular complexity index is 710. The summed E-state index contributed by atoms with van der Waals surface area (Å²) in [6.45, 7) is -3.70. The molecule has 3 heterocycles. The Hall–Kier alpha value is -0.760. The van der Waals surface area contributed by atoms with Crippen LogP contribution >= 0.6 is 0 Å². The van der Waals surface area contributed by atoms with Crippen molar-refractivity contribution in [3.05, 3.63) is 0 Å². The monoisotopic (exact) mass is 621 g/mol. The summed E-state index contributed by atoms with van der Waals surface area (Å²) in [5, 5.41) is 123. The smallest absolute Gasteiger partial charge is 0.186 e. The van der Waals surface area contributed by atoms with Gasteiger partial charge in [-0.15, -0.1) is 0 Å². The topological polar surface area (TPSA) is 310 Å². The van der Waals surface area contributed by atoms with Gasteiger partial charge in [0.25, 0.3) is 0 Å². The Balaban J connectivity index is 1.78. The van der Waals surface area contributed by atoms with E-state index in [9.17, 15) is 61.3 Å². The Morgan fingerprint density at radius 2 is 0.738 bits per heavy atom. The Kier molecular flexibility index (Phi) is 13.2. The number of nitrogens with one attached hydrogen (secondary N) is 1. The van der Waals surface area contributed by atoms with Crippen molar-refractivity contribution in [3.8, 4) is 0 Å². The second-order valence-electron chi connectivity index (χ2n) is 10.6. The van der Waals surface area contributed by atoms with Crippen molar-refractivity contribution in [2.24, 2.45) is 0 Å². The van der Waals surface area contributed by atoms with Crippen molar-refractivity contribution >= 4 is 0 Å². The predicted octanol–water partition coefficient (Wildman–Crippen LogP) is -8.61. The molecule has 0 aliphatic carbocycles. The van der Waals surface area contributed by atoms with Gasteiger partial charge in [0.2, 0.25) is 0 Å². The summed E-state index contributed by atoms with van der Waals surface area (Å²) in [7, 11) is 1.41. The van der Waals surface area contributed by atoms with E-state index in [2.05, 4.69) is 5.32 Å². The Morgan fingerprint density at radius 3 is 0.952 bits per heavy atom. The molecule has 3 aliphatic rings. The maximum atomic E-state index is 10.4. The molecule has 3 saturated heterocycles. The lowest BCUT2D eigenvalue weighted by Gasteiger charge is -2.44. The van der Waals surface area contributed by atoms with Crippen molar-refractivity contribution in [1.29, 1.82) is 0 Å². The van der Waals surface area contributed by atoms with Gasteiger partial charge in [0.05, 0.1) is 45.2 Å². The average molecular weight is 622 g/mol. The van der Waals surface area contributed by atoms with Crippen molar-refractivity contribution < 1.29 is 89.7 Å². The minimum Gasteiger partial charge on any atom is -0.394 e. The highest BCUT2D eigenvalue weighted by Gasteiger charge is 2.49. The number of aliphatic hydroxyl groups is 12. The first-order valence-corrected chi connectivity index (χ1v) is 13.3. The van der Waals surface area contributed by atoms with Gasteiger partial charge in [-0.25, -0.2) is 0 Å². The minimum atomic E-state index is -1.77. The minimum absolute atomic E-state index is 0.513. The molecule has 0 bridgehead atoms. The van der Waals surface area contributed by atoms with Gasteiger partial charge < -0.3 is 95.0 Å². The van der Waals surface area contributed by atoms with Gasteiger partial charge in [-0.3, -0.25) is 0 Å². The third-order valence-corrected chi connectivity index (χ3v) is 7.65. The van der Waals surface area contributed by atoms with Crippen molar-refractivity contribution in [3.63, 3.8) is 0 Å². The first kappa shape index (κ1) is 35.7. The average Bonchev–Trinajstić information content (AvgIpc) is 2.99. The van der Waals surface area contributed by atoms with Crippen LogP contribution in [0.15, 0.2) is 0 Å². The lowest BCUT2D eigenvalue weighted by Crippen LogP contribution is -2.64.